The largest absolute Gasteiger partial charge is 0.338 e. The predicted octanol–water partition coefficient (Wildman–Crippen LogP) is 4.89. The van der Waals surface area contributed by atoms with E-state index in [1.165, 1.54) is 11.1 Å². The Morgan fingerprint density at radius 3 is 2.23 bits per heavy atom. The van der Waals surface area contributed by atoms with E-state index in [1.807, 2.05) is 31.2 Å². The molecule has 1 N–H and O–H groups in total. The van der Waals surface area contributed by atoms with Crippen molar-refractivity contribution in [2.45, 2.75) is 6.92 Å². The zero-order chi connectivity index (χ0) is 15.9. The Morgan fingerprint density at radius 2 is 1.82 bits per heavy atom. The van der Waals surface area contributed by atoms with Crippen LogP contribution in [0.4, 0.5) is 10.5 Å². The highest BCUT2D eigenvalue weighted by Gasteiger charge is 2.13. The van der Waals surface area contributed by atoms with Crippen molar-refractivity contribution in [2.75, 3.05) is 23.9 Å². The maximum Gasteiger partial charge on any atom is 0.321 e. The number of benzene rings is 2. The second kappa shape index (κ2) is 8.20. The van der Waals surface area contributed by atoms with Crippen LogP contribution in [0.1, 0.15) is 6.92 Å². The first-order chi connectivity index (χ1) is 10.7. The summed E-state index contributed by atoms with van der Waals surface area (Å²) in [7, 11) is 0. The van der Waals surface area contributed by atoms with E-state index in [1.54, 1.807) is 4.90 Å². The van der Waals surface area contributed by atoms with Crippen molar-refractivity contribution >= 4 is 39.2 Å². The van der Waals surface area contributed by atoms with Crippen LogP contribution < -0.4 is 10.2 Å². The molecule has 0 saturated heterocycles. The van der Waals surface area contributed by atoms with Crippen molar-refractivity contribution in [3.63, 3.8) is 0 Å². The van der Waals surface area contributed by atoms with Gasteiger partial charge in [0, 0.05) is 29.1 Å². The number of hydrogen-bond donors (Lipinski definition) is 1. The number of fused-ring (bicyclic) bond motifs is 1. The van der Waals surface area contributed by atoms with E-state index in [9.17, 15) is 4.79 Å². The number of carbonyl (C=O) groups is 1. The van der Waals surface area contributed by atoms with Gasteiger partial charge in [0.05, 0.1) is 0 Å². The summed E-state index contributed by atoms with van der Waals surface area (Å²) < 4.78 is 0.984. The summed E-state index contributed by atoms with van der Waals surface area (Å²) >= 11 is 9.05. The van der Waals surface area contributed by atoms with Crippen LogP contribution >= 0.6 is 27.5 Å². The monoisotopic (exact) mass is 380 g/mol. The minimum atomic E-state index is -0.120. The number of carbonyl (C=O) groups excluding carboxylic acids is 1. The molecule has 0 heterocycles. The van der Waals surface area contributed by atoms with Gasteiger partial charge in [-0.05, 0) is 48.4 Å². The lowest BCUT2D eigenvalue weighted by molar-refractivity contribution is 0.247. The Bertz CT molecular complexity index is 614. The van der Waals surface area contributed by atoms with Gasteiger partial charge in [-0.25, -0.2) is 4.79 Å². The number of alkyl halides is 1. The van der Waals surface area contributed by atoms with Crippen LogP contribution in [0.5, 0.6) is 0 Å². The van der Waals surface area contributed by atoms with E-state index >= 15 is 0 Å². The zero-order valence-corrected chi connectivity index (χ0v) is 14.7. The molecule has 5 heteroatoms. The summed E-state index contributed by atoms with van der Waals surface area (Å²) in [5, 5.41) is 2.76. The third-order valence-corrected chi connectivity index (χ3v) is 3.83. The first kappa shape index (κ1) is 16.8. The molecule has 3 nitrogen and oxygen atoms in total. The van der Waals surface area contributed by atoms with E-state index < -0.39 is 0 Å². The smallest absolute Gasteiger partial charge is 0.321 e. The highest BCUT2D eigenvalue weighted by molar-refractivity contribution is 9.10. The number of urea groups is 1. The van der Waals surface area contributed by atoms with Crippen LogP contribution in [-0.2, 0) is 0 Å². The molecule has 0 aliphatic heterocycles. The molecule has 2 aliphatic rings. The van der Waals surface area contributed by atoms with Crippen molar-refractivity contribution in [3.8, 4) is 11.1 Å². The maximum atomic E-state index is 11.8. The molecule has 116 valence electrons. The van der Waals surface area contributed by atoms with E-state index in [2.05, 4.69) is 45.5 Å². The summed E-state index contributed by atoms with van der Waals surface area (Å²) in [6.07, 6.45) is 0. The normalized spacial score (nSPS) is 10.3. The Morgan fingerprint density at radius 1 is 1.18 bits per heavy atom. The molecule has 0 radical (unpaired) electrons. The molecule has 1 aromatic rings. The summed E-state index contributed by atoms with van der Waals surface area (Å²) in [5.41, 5.74) is 3.69. The van der Waals surface area contributed by atoms with Gasteiger partial charge >= 0.3 is 6.03 Å². The number of nitrogens with one attached hydrogen (secondary N) is 1. The minimum absolute atomic E-state index is 0.120. The average molecular weight is 382 g/mol. The molecule has 0 saturated carbocycles. The molecule has 2 aliphatic carbocycles. The predicted molar refractivity (Wildman–Crippen MR) is 96.7 cm³/mol. The third-order valence-electron chi connectivity index (χ3n) is 3.13. The molecule has 0 bridgehead atoms. The van der Waals surface area contributed by atoms with Gasteiger partial charge in [-0.2, -0.15) is 0 Å². The highest BCUT2D eigenvalue weighted by atomic mass is 79.9. The molecular weight excluding hydrogens is 364 g/mol. The van der Waals surface area contributed by atoms with Crippen molar-refractivity contribution in [3.05, 3.63) is 53.0 Å². The number of hydrogen-bond acceptors (Lipinski definition) is 1. The summed E-state index contributed by atoms with van der Waals surface area (Å²) in [6, 6.07) is 15.9. The van der Waals surface area contributed by atoms with Gasteiger partial charge < -0.3 is 5.32 Å². The van der Waals surface area contributed by atoms with Gasteiger partial charge in [-0.15, -0.1) is 11.6 Å². The Labute approximate surface area is 144 Å². The van der Waals surface area contributed by atoms with Gasteiger partial charge in [0.1, 0.15) is 0 Å². The van der Waals surface area contributed by atoms with Crippen molar-refractivity contribution < 1.29 is 4.79 Å². The first-order valence-corrected chi connectivity index (χ1v) is 8.45. The topological polar surface area (TPSA) is 32.3 Å². The van der Waals surface area contributed by atoms with Crippen molar-refractivity contribution in [1.29, 1.82) is 0 Å². The fourth-order valence-corrected chi connectivity index (χ4v) is 2.41. The van der Waals surface area contributed by atoms with Gasteiger partial charge in [0.15, 0.2) is 0 Å². The molecule has 3 rings (SSSR count). The number of nitrogens with zero attached hydrogens (tertiary/aromatic N) is 1. The first-order valence-electron chi connectivity index (χ1n) is 7.13. The fraction of sp³-hybridized carbons (Fsp3) is 0.235. The quantitative estimate of drug-likeness (QED) is 0.641. The molecule has 1 aromatic carbocycles. The number of anilines is 1. The lowest BCUT2D eigenvalue weighted by atomic mass is 10.3. The number of amides is 2. The molecule has 22 heavy (non-hydrogen) atoms. The molecule has 0 unspecified atom stereocenters. The van der Waals surface area contributed by atoms with Crippen LogP contribution in [-0.4, -0.2) is 25.0 Å². The molecule has 0 fully saturated rings. The number of halogens is 2. The molecule has 0 spiro atoms. The third kappa shape index (κ3) is 4.75. The van der Waals surface area contributed by atoms with Gasteiger partial charge in [0.2, 0.25) is 0 Å². The van der Waals surface area contributed by atoms with Gasteiger partial charge in [-0.1, -0.05) is 34.1 Å². The Hall–Kier alpha value is -1.52. The SMILES string of the molecule is CCNC(=O)N(CCCl)c1ccc(Br)cc1.c1cc2cc-2c1. The molecule has 0 atom stereocenters. The van der Waals surface area contributed by atoms with Crippen LogP contribution in [0.25, 0.3) is 11.1 Å². The molecule has 0 aromatic heterocycles. The standard InChI is InChI=1S/C11H14BrClN2O.C6H4/c1-2-14-11(16)15(8-7-13)10-5-3-9(12)4-6-10;1-2-5-4-6(5)3-1/h3-6H,2,7-8H2,1H3,(H,14,16);1-4H. The van der Waals surface area contributed by atoms with Crippen LogP contribution in [0.2, 0.25) is 0 Å². The van der Waals surface area contributed by atoms with Gasteiger partial charge in [0.25, 0.3) is 0 Å². The van der Waals surface area contributed by atoms with Crippen LogP contribution in [0.15, 0.2) is 53.0 Å². The van der Waals surface area contributed by atoms with Crippen molar-refractivity contribution in [1.82, 2.24) is 5.32 Å². The van der Waals surface area contributed by atoms with E-state index in [4.69, 9.17) is 11.6 Å². The lowest BCUT2D eigenvalue weighted by Crippen LogP contribution is -2.41. The van der Waals surface area contributed by atoms with Crippen LogP contribution in [0, 0.1) is 0 Å². The van der Waals surface area contributed by atoms with Crippen molar-refractivity contribution in [2.24, 2.45) is 0 Å². The zero-order valence-electron chi connectivity index (χ0n) is 12.4. The second-order valence-electron chi connectivity index (χ2n) is 4.73. The average Bonchev–Trinajstić information content (AvgIpc) is 3.12. The Kier molecular flexibility index (Phi) is 6.28. The highest BCUT2D eigenvalue weighted by Crippen LogP contribution is 2.32. The minimum Gasteiger partial charge on any atom is -0.338 e. The maximum absolute atomic E-state index is 11.8. The fourth-order valence-electron chi connectivity index (χ4n) is 1.98. The summed E-state index contributed by atoms with van der Waals surface area (Å²) in [6.45, 7) is 2.99. The summed E-state index contributed by atoms with van der Waals surface area (Å²) in [4.78, 5) is 13.4. The van der Waals surface area contributed by atoms with Crippen LogP contribution in [0.3, 0.4) is 0 Å². The van der Waals surface area contributed by atoms with E-state index in [-0.39, 0.29) is 6.03 Å². The lowest BCUT2D eigenvalue weighted by Gasteiger charge is -2.21. The van der Waals surface area contributed by atoms with E-state index in [0.717, 1.165) is 10.2 Å². The number of rotatable bonds is 4. The molecule has 2 amide bonds. The molecular formula is C17H18BrClN2O. The Balaban J connectivity index is 0.000000238. The van der Waals surface area contributed by atoms with Gasteiger partial charge in [-0.3, -0.25) is 4.90 Å². The van der Waals surface area contributed by atoms with E-state index in [0.29, 0.717) is 19.0 Å². The summed E-state index contributed by atoms with van der Waals surface area (Å²) in [5.74, 6) is 0.410. The second-order valence-corrected chi connectivity index (χ2v) is 6.03.